The van der Waals surface area contributed by atoms with Crippen LogP contribution >= 0.6 is 23.4 Å². The maximum atomic E-state index is 5.96. The molecule has 0 aliphatic heterocycles. The van der Waals surface area contributed by atoms with E-state index in [9.17, 15) is 0 Å². The van der Waals surface area contributed by atoms with Crippen LogP contribution in [0.4, 0.5) is 0 Å². The summed E-state index contributed by atoms with van der Waals surface area (Å²) in [5.74, 6) is 1.95. The third-order valence-electron chi connectivity index (χ3n) is 3.32. The van der Waals surface area contributed by atoms with Crippen LogP contribution in [0.25, 0.3) is 0 Å². The Labute approximate surface area is 133 Å². The van der Waals surface area contributed by atoms with E-state index in [1.165, 1.54) is 24.2 Å². The van der Waals surface area contributed by atoms with Crippen LogP contribution in [0, 0.1) is 5.92 Å². The van der Waals surface area contributed by atoms with Gasteiger partial charge in [0.05, 0.1) is 0 Å². The third-order valence-corrected chi connectivity index (χ3v) is 4.27. The SMILES string of the molecule is CSCCCC(CNC(C)(C)C)Cc1ccc(Cl)cc1. The molecule has 3 heteroatoms. The highest BCUT2D eigenvalue weighted by Gasteiger charge is 2.14. The van der Waals surface area contributed by atoms with Crippen molar-refractivity contribution < 1.29 is 0 Å². The first-order valence-corrected chi connectivity index (χ1v) is 9.16. The number of thioether (sulfide) groups is 1. The van der Waals surface area contributed by atoms with Crippen LogP contribution in [0.15, 0.2) is 24.3 Å². The molecule has 0 heterocycles. The second-order valence-corrected chi connectivity index (χ2v) is 7.88. The van der Waals surface area contributed by atoms with E-state index in [2.05, 4.69) is 44.5 Å². The van der Waals surface area contributed by atoms with E-state index in [0.29, 0.717) is 5.92 Å². The lowest BCUT2D eigenvalue weighted by molar-refractivity contribution is 0.355. The van der Waals surface area contributed by atoms with Gasteiger partial charge in [-0.3, -0.25) is 0 Å². The average molecular weight is 314 g/mol. The fourth-order valence-corrected chi connectivity index (χ4v) is 2.78. The number of nitrogens with one attached hydrogen (secondary N) is 1. The highest BCUT2D eigenvalue weighted by atomic mass is 35.5. The first-order valence-electron chi connectivity index (χ1n) is 7.39. The van der Waals surface area contributed by atoms with E-state index in [-0.39, 0.29) is 5.54 Å². The van der Waals surface area contributed by atoms with Gasteiger partial charge in [-0.25, -0.2) is 0 Å². The predicted molar refractivity (Wildman–Crippen MR) is 94.0 cm³/mol. The zero-order chi connectivity index (χ0) is 15.0. The maximum absolute atomic E-state index is 5.96. The Hall–Kier alpha value is -0.180. The number of hydrogen-bond acceptors (Lipinski definition) is 2. The number of rotatable bonds is 8. The summed E-state index contributed by atoms with van der Waals surface area (Å²) in [6.45, 7) is 7.78. The number of hydrogen-bond donors (Lipinski definition) is 1. The summed E-state index contributed by atoms with van der Waals surface area (Å²) in [6, 6.07) is 8.29. The molecule has 0 aliphatic carbocycles. The molecular formula is C17H28ClNS. The molecule has 0 saturated carbocycles. The van der Waals surface area contributed by atoms with Crippen molar-refractivity contribution in [1.29, 1.82) is 0 Å². The molecule has 0 saturated heterocycles. The molecule has 0 bridgehead atoms. The van der Waals surface area contributed by atoms with Gasteiger partial charge in [0.2, 0.25) is 0 Å². The Morgan fingerprint density at radius 2 is 1.85 bits per heavy atom. The minimum atomic E-state index is 0.192. The molecule has 1 rings (SSSR count). The van der Waals surface area contributed by atoms with Crippen LogP contribution in [-0.4, -0.2) is 24.1 Å². The van der Waals surface area contributed by atoms with E-state index in [0.717, 1.165) is 18.0 Å². The van der Waals surface area contributed by atoms with Crippen LogP contribution in [-0.2, 0) is 6.42 Å². The third kappa shape index (κ3) is 8.18. The van der Waals surface area contributed by atoms with Crippen molar-refractivity contribution in [3.63, 3.8) is 0 Å². The van der Waals surface area contributed by atoms with Gasteiger partial charge < -0.3 is 5.32 Å². The smallest absolute Gasteiger partial charge is 0.0406 e. The van der Waals surface area contributed by atoms with Gasteiger partial charge in [-0.2, -0.15) is 11.8 Å². The Morgan fingerprint density at radius 1 is 1.20 bits per heavy atom. The monoisotopic (exact) mass is 313 g/mol. The molecule has 1 aromatic rings. The molecular weight excluding hydrogens is 286 g/mol. The van der Waals surface area contributed by atoms with E-state index >= 15 is 0 Å². The lowest BCUT2D eigenvalue weighted by atomic mass is 9.94. The van der Waals surface area contributed by atoms with Gasteiger partial charge in [0.15, 0.2) is 0 Å². The van der Waals surface area contributed by atoms with Crippen LogP contribution in [0.3, 0.4) is 0 Å². The molecule has 0 fully saturated rings. The second kappa shape index (κ2) is 8.96. The number of benzene rings is 1. The molecule has 114 valence electrons. The van der Waals surface area contributed by atoms with Crippen molar-refractivity contribution in [3.8, 4) is 0 Å². The molecule has 1 atom stereocenters. The van der Waals surface area contributed by atoms with Crippen molar-refractivity contribution >= 4 is 23.4 Å². The lowest BCUT2D eigenvalue weighted by Gasteiger charge is -2.25. The summed E-state index contributed by atoms with van der Waals surface area (Å²) < 4.78 is 0. The highest BCUT2D eigenvalue weighted by Crippen LogP contribution is 2.18. The van der Waals surface area contributed by atoms with Crippen LogP contribution < -0.4 is 5.32 Å². The van der Waals surface area contributed by atoms with Gasteiger partial charge in [0.1, 0.15) is 0 Å². The molecule has 20 heavy (non-hydrogen) atoms. The van der Waals surface area contributed by atoms with Crippen molar-refractivity contribution in [2.24, 2.45) is 5.92 Å². The molecule has 1 N–H and O–H groups in total. The second-order valence-electron chi connectivity index (χ2n) is 6.46. The van der Waals surface area contributed by atoms with Crippen molar-refractivity contribution in [2.75, 3.05) is 18.6 Å². The minimum absolute atomic E-state index is 0.192. The summed E-state index contributed by atoms with van der Waals surface area (Å²) in [6.07, 6.45) is 5.90. The Bertz CT molecular complexity index is 370. The summed E-state index contributed by atoms with van der Waals surface area (Å²) in [5, 5.41) is 4.47. The fourth-order valence-electron chi connectivity index (χ4n) is 2.20. The summed E-state index contributed by atoms with van der Waals surface area (Å²) >= 11 is 7.89. The van der Waals surface area contributed by atoms with E-state index in [4.69, 9.17) is 11.6 Å². The molecule has 0 aliphatic rings. The molecule has 0 spiro atoms. The minimum Gasteiger partial charge on any atom is -0.312 e. The van der Waals surface area contributed by atoms with Crippen molar-refractivity contribution in [3.05, 3.63) is 34.9 Å². The van der Waals surface area contributed by atoms with Gasteiger partial charge >= 0.3 is 0 Å². The van der Waals surface area contributed by atoms with Gasteiger partial charge in [0.25, 0.3) is 0 Å². The standard InChI is InChI=1S/C17H28ClNS/c1-17(2,3)19-13-15(6-5-11-20-4)12-14-7-9-16(18)10-8-14/h7-10,15,19H,5-6,11-13H2,1-4H3. The lowest BCUT2D eigenvalue weighted by Crippen LogP contribution is -2.39. The zero-order valence-corrected chi connectivity index (χ0v) is 14.8. The Morgan fingerprint density at radius 3 is 2.40 bits per heavy atom. The first-order chi connectivity index (χ1) is 9.40. The van der Waals surface area contributed by atoms with E-state index in [1.807, 2.05) is 23.9 Å². The summed E-state index contributed by atoms with van der Waals surface area (Å²) in [7, 11) is 0. The van der Waals surface area contributed by atoms with Gasteiger partial charge in [-0.15, -0.1) is 0 Å². The van der Waals surface area contributed by atoms with Crippen molar-refractivity contribution in [2.45, 2.75) is 45.6 Å². The quantitative estimate of drug-likeness (QED) is 0.675. The van der Waals surface area contributed by atoms with Crippen LogP contribution in [0.2, 0.25) is 5.02 Å². The average Bonchev–Trinajstić information content (AvgIpc) is 2.37. The summed E-state index contributed by atoms with van der Waals surface area (Å²) in [5.41, 5.74) is 1.58. The highest BCUT2D eigenvalue weighted by molar-refractivity contribution is 7.98. The Balaban J connectivity index is 2.54. The molecule has 1 aromatic carbocycles. The van der Waals surface area contributed by atoms with Gasteiger partial charge in [-0.1, -0.05) is 23.7 Å². The number of halogens is 1. The normalized spacial score (nSPS) is 13.4. The van der Waals surface area contributed by atoms with Crippen molar-refractivity contribution in [1.82, 2.24) is 5.32 Å². The molecule has 0 aromatic heterocycles. The van der Waals surface area contributed by atoms with Crippen LogP contribution in [0.5, 0.6) is 0 Å². The molecule has 0 radical (unpaired) electrons. The topological polar surface area (TPSA) is 12.0 Å². The maximum Gasteiger partial charge on any atom is 0.0406 e. The van der Waals surface area contributed by atoms with Crippen LogP contribution in [0.1, 0.15) is 39.2 Å². The van der Waals surface area contributed by atoms with E-state index < -0.39 is 0 Å². The largest absolute Gasteiger partial charge is 0.312 e. The zero-order valence-electron chi connectivity index (χ0n) is 13.2. The molecule has 1 unspecified atom stereocenters. The Kier molecular flexibility index (Phi) is 8.01. The summed E-state index contributed by atoms with van der Waals surface area (Å²) in [4.78, 5) is 0. The fraction of sp³-hybridized carbons (Fsp3) is 0.647. The van der Waals surface area contributed by atoms with E-state index in [1.54, 1.807) is 0 Å². The van der Waals surface area contributed by atoms with Gasteiger partial charge in [-0.05, 0) is 82.2 Å². The predicted octanol–water partition coefficient (Wildman–Crippen LogP) is 5.03. The molecule has 1 nitrogen and oxygen atoms in total. The molecule has 0 amide bonds. The first kappa shape index (κ1) is 17.9. The van der Waals surface area contributed by atoms with Gasteiger partial charge in [0, 0.05) is 10.6 Å².